The Morgan fingerprint density at radius 3 is 2.16 bits per heavy atom. The highest BCUT2D eigenvalue weighted by Gasteiger charge is 2.17. The Morgan fingerprint density at radius 1 is 0.968 bits per heavy atom. The second kappa shape index (κ2) is 8.73. The number of nitrogens with zero attached hydrogens (tertiary/aromatic N) is 2. The topological polar surface area (TPSA) is 93.1 Å². The lowest BCUT2D eigenvalue weighted by Gasteiger charge is -2.20. The molecule has 0 spiro atoms. The highest BCUT2D eigenvalue weighted by molar-refractivity contribution is 6.30. The van der Waals surface area contributed by atoms with E-state index in [-0.39, 0.29) is 17.1 Å². The quantitative estimate of drug-likeness (QED) is 0.644. The zero-order valence-electron chi connectivity index (χ0n) is 17.7. The van der Waals surface area contributed by atoms with Crippen LogP contribution in [0.2, 0.25) is 5.02 Å². The maximum absolute atomic E-state index is 12.7. The van der Waals surface area contributed by atoms with E-state index in [1.807, 2.05) is 20.8 Å². The van der Waals surface area contributed by atoms with Gasteiger partial charge in [0.05, 0.1) is 5.69 Å². The summed E-state index contributed by atoms with van der Waals surface area (Å²) in [5.74, 6) is -0.851. The fourth-order valence-electron chi connectivity index (χ4n) is 2.86. The maximum atomic E-state index is 12.7. The Kier molecular flexibility index (Phi) is 6.27. The van der Waals surface area contributed by atoms with E-state index in [0.29, 0.717) is 27.7 Å². The predicted octanol–water partition coefficient (Wildman–Crippen LogP) is 3.97. The standard InChI is InChI=1S/C23H23ClN4O3/c1-14-13-19(29)20(27-28(14)18-11-7-16(24)8-12-18)22(31)25-17-9-5-15(6-10-17)21(30)26-23(2,3)4/h5-13H,1-4H3,(H,25,31)(H,26,30). The number of nitrogens with one attached hydrogen (secondary N) is 2. The minimum absolute atomic E-state index is 0.212. The van der Waals surface area contributed by atoms with Crippen LogP contribution in [0.5, 0.6) is 0 Å². The number of aromatic nitrogens is 2. The van der Waals surface area contributed by atoms with Gasteiger partial charge in [0.1, 0.15) is 0 Å². The summed E-state index contributed by atoms with van der Waals surface area (Å²) < 4.78 is 1.51. The number of hydrogen-bond donors (Lipinski definition) is 2. The molecule has 1 heterocycles. The Balaban J connectivity index is 1.82. The summed E-state index contributed by atoms with van der Waals surface area (Å²) >= 11 is 5.93. The molecule has 31 heavy (non-hydrogen) atoms. The van der Waals surface area contributed by atoms with Gasteiger partial charge < -0.3 is 10.6 Å². The molecule has 0 aliphatic carbocycles. The second-order valence-corrected chi connectivity index (χ2v) is 8.56. The molecule has 0 radical (unpaired) electrons. The molecule has 0 aliphatic rings. The fraction of sp³-hybridized carbons (Fsp3) is 0.217. The van der Waals surface area contributed by atoms with Crippen LogP contribution in [0.4, 0.5) is 5.69 Å². The van der Waals surface area contributed by atoms with Crippen molar-refractivity contribution in [3.05, 3.63) is 86.8 Å². The van der Waals surface area contributed by atoms with Crippen LogP contribution in [-0.2, 0) is 0 Å². The number of halogens is 1. The summed E-state index contributed by atoms with van der Waals surface area (Å²) in [5.41, 5.74) is 1.08. The molecule has 0 fully saturated rings. The smallest absolute Gasteiger partial charge is 0.280 e. The van der Waals surface area contributed by atoms with Gasteiger partial charge in [-0.1, -0.05) is 11.6 Å². The zero-order chi connectivity index (χ0) is 22.8. The number of amides is 2. The van der Waals surface area contributed by atoms with Gasteiger partial charge >= 0.3 is 0 Å². The first kappa shape index (κ1) is 22.2. The van der Waals surface area contributed by atoms with Crippen molar-refractivity contribution in [2.75, 3.05) is 5.32 Å². The number of carbonyl (C=O) groups is 2. The zero-order valence-corrected chi connectivity index (χ0v) is 18.4. The molecule has 160 valence electrons. The summed E-state index contributed by atoms with van der Waals surface area (Å²) in [7, 11) is 0. The van der Waals surface area contributed by atoms with Crippen molar-refractivity contribution in [1.82, 2.24) is 15.1 Å². The molecule has 2 amide bonds. The Morgan fingerprint density at radius 2 is 1.58 bits per heavy atom. The van der Waals surface area contributed by atoms with Crippen molar-refractivity contribution in [1.29, 1.82) is 0 Å². The van der Waals surface area contributed by atoms with Gasteiger partial charge in [-0.2, -0.15) is 5.10 Å². The van der Waals surface area contributed by atoms with Crippen LogP contribution in [-0.4, -0.2) is 27.1 Å². The van der Waals surface area contributed by atoms with Crippen molar-refractivity contribution in [2.45, 2.75) is 33.2 Å². The van der Waals surface area contributed by atoms with E-state index in [1.165, 1.54) is 10.7 Å². The van der Waals surface area contributed by atoms with Gasteiger partial charge in [-0.15, -0.1) is 0 Å². The second-order valence-electron chi connectivity index (χ2n) is 8.12. The molecular weight excluding hydrogens is 416 g/mol. The summed E-state index contributed by atoms with van der Waals surface area (Å²) in [6.45, 7) is 7.41. The lowest BCUT2D eigenvalue weighted by Crippen LogP contribution is -2.40. The molecule has 0 saturated carbocycles. The third-order valence-corrected chi connectivity index (χ3v) is 4.54. The molecule has 2 N–H and O–H groups in total. The first-order valence-corrected chi connectivity index (χ1v) is 10.0. The number of carbonyl (C=O) groups excluding carboxylic acids is 2. The van der Waals surface area contributed by atoms with Crippen molar-refractivity contribution in [3.63, 3.8) is 0 Å². The molecule has 0 aliphatic heterocycles. The summed E-state index contributed by atoms with van der Waals surface area (Å²) in [4.78, 5) is 37.3. The van der Waals surface area contributed by atoms with Gasteiger partial charge in [-0.25, -0.2) is 4.68 Å². The van der Waals surface area contributed by atoms with E-state index in [0.717, 1.165) is 0 Å². The van der Waals surface area contributed by atoms with Crippen LogP contribution < -0.4 is 16.1 Å². The monoisotopic (exact) mass is 438 g/mol. The predicted molar refractivity (Wildman–Crippen MR) is 121 cm³/mol. The van der Waals surface area contributed by atoms with Crippen LogP contribution in [0.1, 0.15) is 47.3 Å². The van der Waals surface area contributed by atoms with Gasteiger partial charge in [-0.05, 0) is 76.2 Å². The molecule has 8 heteroatoms. The first-order chi connectivity index (χ1) is 14.5. The maximum Gasteiger partial charge on any atom is 0.280 e. The van der Waals surface area contributed by atoms with Gasteiger partial charge in [0.15, 0.2) is 5.69 Å². The van der Waals surface area contributed by atoms with Crippen molar-refractivity contribution in [3.8, 4) is 5.69 Å². The van der Waals surface area contributed by atoms with E-state index in [1.54, 1.807) is 55.5 Å². The van der Waals surface area contributed by atoms with Crippen LogP contribution >= 0.6 is 11.6 Å². The molecule has 3 aromatic rings. The molecule has 7 nitrogen and oxygen atoms in total. The Labute approximate surface area is 185 Å². The van der Waals surface area contributed by atoms with Gasteiger partial charge in [0, 0.05) is 33.6 Å². The third kappa shape index (κ3) is 5.58. The summed E-state index contributed by atoms with van der Waals surface area (Å²) in [6.07, 6.45) is 0. The van der Waals surface area contributed by atoms with E-state index in [9.17, 15) is 14.4 Å². The largest absolute Gasteiger partial charge is 0.347 e. The van der Waals surface area contributed by atoms with E-state index in [4.69, 9.17) is 11.6 Å². The molecule has 3 rings (SSSR count). The van der Waals surface area contributed by atoms with Crippen molar-refractivity contribution < 1.29 is 9.59 Å². The molecular formula is C23H23ClN4O3. The van der Waals surface area contributed by atoms with Gasteiger partial charge in [-0.3, -0.25) is 14.4 Å². The molecule has 0 saturated heterocycles. The van der Waals surface area contributed by atoms with Crippen molar-refractivity contribution in [2.24, 2.45) is 0 Å². The highest BCUT2D eigenvalue weighted by Crippen LogP contribution is 2.15. The summed E-state index contributed by atoms with van der Waals surface area (Å²) in [6, 6.07) is 14.7. The van der Waals surface area contributed by atoms with Crippen LogP contribution in [0, 0.1) is 6.92 Å². The minimum Gasteiger partial charge on any atom is -0.347 e. The number of hydrogen-bond acceptors (Lipinski definition) is 4. The molecule has 0 bridgehead atoms. The number of benzene rings is 2. The third-order valence-electron chi connectivity index (χ3n) is 4.29. The van der Waals surface area contributed by atoms with Crippen LogP contribution in [0.25, 0.3) is 5.69 Å². The lowest BCUT2D eigenvalue weighted by molar-refractivity contribution is 0.0919. The normalized spacial score (nSPS) is 11.1. The van der Waals surface area contributed by atoms with Gasteiger partial charge in [0.2, 0.25) is 5.43 Å². The Hall–Kier alpha value is -3.45. The Bertz CT molecular complexity index is 1180. The van der Waals surface area contributed by atoms with Gasteiger partial charge in [0.25, 0.3) is 11.8 Å². The number of anilines is 1. The summed E-state index contributed by atoms with van der Waals surface area (Å²) in [5, 5.41) is 10.3. The van der Waals surface area contributed by atoms with E-state index < -0.39 is 11.3 Å². The number of aryl methyl sites for hydroxylation is 1. The minimum atomic E-state index is -0.639. The molecule has 2 aromatic carbocycles. The SMILES string of the molecule is Cc1cc(=O)c(C(=O)Nc2ccc(C(=O)NC(C)(C)C)cc2)nn1-c1ccc(Cl)cc1. The van der Waals surface area contributed by atoms with Crippen LogP contribution in [0.15, 0.2) is 59.4 Å². The first-order valence-electron chi connectivity index (χ1n) is 9.64. The van der Waals surface area contributed by atoms with Crippen molar-refractivity contribution >= 4 is 29.1 Å². The molecule has 0 unspecified atom stereocenters. The number of rotatable bonds is 4. The lowest BCUT2D eigenvalue weighted by atomic mass is 10.1. The molecule has 0 atom stereocenters. The van der Waals surface area contributed by atoms with E-state index >= 15 is 0 Å². The van der Waals surface area contributed by atoms with E-state index in [2.05, 4.69) is 15.7 Å². The highest BCUT2D eigenvalue weighted by atomic mass is 35.5. The van der Waals surface area contributed by atoms with Crippen LogP contribution in [0.3, 0.4) is 0 Å². The fourth-order valence-corrected chi connectivity index (χ4v) is 2.98. The average molecular weight is 439 g/mol. The molecule has 1 aromatic heterocycles. The average Bonchev–Trinajstić information content (AvgIpc) is 2.68.